The van der Waals surface area contributed by atoms with Crippen molar-refractivity contribution in [3.63, 3.8) is 0 Å². The Kier molecular flexibility index (Phi) is 17.3. The Labute approximate surface area is 378 Å². The molecule has 0 bridgehead atoms. The van der Waals surface area contributed by atoms with Gasteiger partial charge in [0.25, 0.3) is 5.91 Å². The summed E-state index contributed by atoms with van der Waals surface area (Å²) in [6.45, 7) is 14.7. The fraction of sp³-hybridized carbons (Fsp3) is 0.500. The number of aliphatic hydroxyl groups excluding tert-OH is 1. The van der Waals surface area contributed by atoms with Gasteiger partial charge in [0.2, 0.25) is 0 Å². The number of nitrogens with two attached hydrogens (primary N) is 3. The highest BCUT2D eigenvalue weighted by Crippen LogP contribution is 2.52. The monoisotopic (exact) mass is 882 g/mol. The molecule has 0 saturated heterocycles. The number of aliphatic hydroxyl groups is 1. The molecular weight excluding hydrogens is 813 g/mol. The van der Waals surface area contributed by atoms with Crippen LogP contribution in [0, 0.1) is 11.8 Å². The number of carbonyl (C=O) groups is 1. The number of fused-ring (bicyclic) bond motifs is 1. The van der Waals surface area contributed by atoms with Gasteiger partial charge in [-0.2, -0.15) is 5.48 Å². The van der Waals surface area contributed by atoms with Crippen LogP contribution in [0.2, 0.25) is 0 Å². The van der Waals surface area contributed by atoms with E-state index in [1.165, 1.54) is 0 Å². The van der Waals surface area contributed by atoms with Crippen molar-refractivity contribution >= 4 is 40.0 Å². The van der Waals surface area contributed by atoms with Crippen LogP contribution in [0.5, 0.6) is 11.5 Å². The minimum Gasteiger partial charge on any atom is -0.476 e. The van der Waals surface area contributed by atoms with Crippen LogP contribution in [0.4, 0.5) is 0 Å². The van der Waals surface area contributed by atoms with Crippen LogP contribution in [0.1, 0.15) is 116 Å². The minimum absolute atomic E-state index is 0.0382. The third kappa shape index (κ3) is 10.8. The van der Waals surface area contributed by atoms with Crippen molar-refractivity contribution in [2.45, 2.75) is 130 Å². The van der Waals surface area contributed by atoms with Crippen molar-refractivity contribution in [2.75, 3.05) is 19.6 Å². The molecule has 4 aromatic rings. The van der Waals surface area contributed by atoms with Gasteiger partial charge in [-0.15, -0.1) is 22.7 Å². The molecule has 336 valence electrons. The van der Waals surface area contributed by atoms with E-state index in [4.69, 9.17) is 26.8 Å². The van der Waals surface area contributed by atoms with E-state index in [2.05, 4.69) is 100 Å². The molecule has 6 unspecified atom stereocenters. The zero-order valence-electron chi connectivity index (χ0n) is 37.7. The average molecular weight is 883 g/mol. The summed E-state index contributed by atoms with van der Waals surface area (Å²) >= 11 is 3.26. The Bertz CT molecular complexity index is 2110. The number of ether oxygens (including phenoxy) is 1. The van der Waals surface area contributed by atoms with Crippen molar-refractivity contribution in [3.8, 4) is 32.4 Å². The van der Waals surface area contributed by atoms with Crippen LogP contribution in [-0.2, 0) is 4.79 Å². The van der Waals surface area contributed by atoms with Gasteiger partial charge >= 0.3 is 0 Å². The highest BCUT2D eigenvalue weighted by Gasteiger charge is 2.50. The van der Waals surface area contributed by atoms with Gasteiger partial charge in [0, 0.05) is 47.0 Å². The lowest BCUT2D eigenvalue weighted by molar-refractivity contribution is -0.123. The summed E-state index contributed by atoms with van der Waals surface area (Å²) in [4.78, 5) is 29.1. The third-order valence-corrected chi connectivity index (χ3v) is 14.6. The second-order valence-corrected chi connectivity index (χ2v) is 19.0. The van der Waals surface area contributed by atoms with E-state index in [1.807, 2.05) is 29.2 Å². The second kappa shape index (κ2) is 22.6. The van der Waals surface area contributed by atoms with E-state index in [1.54, 1.807) is 22.7 Å². The number of hydrogen-bond acceptors (Lipinski definition) is 11. The number of benzene rings is 2. The minimum atomic E-state index is -1.05. The smallest absolute Gasteiger partial charge is 0.261 e. The Hall–Kier alpha value is -4.01. The van der Waals surface area contributed by atoms with E-state index in [0.717, 1.165) is 124 Å². The molecule has 2 aromatic heterocycles. The summed E-state index contributed by atoms with van der Waals surface area (Å²) in [7, 11) is 0. The summed E-state index contributed by atoms with van der Waals surface area (Å²) in [6, 6.07) is 24.4. The largest absolute Gasteiger partial charge is 0.476 e. The second-order valence-electron chi connectivity index (χ2n) is 16.8. The van der Waals surface area contributed by atoms with Gasteiger partial charge in [-0.05, 0) is 121 Å². The molecule has 0 saturated carbocycles. The van der Waals surface area contributed by atoms with Gasteiger partial charge in [-0.25, -0.2) is 0 Å². The topological polar surface area (TPSA) is 152 Å². The van der Waals surface area contributed by atoms with Gasteiger partial charge in [-0.1, -0.05) is 80.1 Å². The SMILES string of the molecule is CCCCNOc1ccc(-c2ccc(C3=C4C(=C(c5ccc(-c6ccc(OC(N)CCC)cc6)s5)N(CC(CC)C(N)CCC)C4O)C(=O)N3CC(CC)C(N)CCC)s2)cc1. The molecule has 8 N–H and O–H groups in total. The predicted molar refractivity (Wildman–Crippen MR) is 258 cm³/mol. The van der Waals surface area contributed by atoms with Crippen LogP contribution in [-0.4, -0.2) is 65.0 Å². The van der Waals surface area contributed by atoms with E-state index < -0.39 is 6.23 Å². The number of unbranched alkanes of at least 4 members (excludes halogenated alkanes) is 1. The number of nitrogens with zero attached hydrogens (tertiary/aromatic N) is 2. The quantitative estimate of drug-likeness (QED) is 0.0249. The first kappa shape index (κ1) is 47.5. The molecule has 0 aliphatic carbocycles. The molecule has 62 heavy (non-hydrogen) atoms. The zero-order valence-corrected chi connectivity index (χ0v) is 39.3. The number of amides is 1. The lowest BCUT2D eigenvalue weighted by atomic mass is 9.93. The van der Waals surface area contributed by atoms with E-state index in [9.17, 15) is 5.11 Å². The molecule has 6 atom stereocenters. The number of nitrogens with one attached hydrogen (secondary N) is 1. The lowest BCUT2D eigenvalue weighted by Gasteiger charge is -2.34. The van der Waals surface area contributed by atoms with Gasteiger partial charge in [0.1, 0.15) is 17.7 Å². The molecule has 4 heterocycles. The fourth-order valence-corrected chi connectivity index (χ4v) is 10.9. The Morgan fingerprint density at radius 2 is 1.18 bits per heavy atom. The molecule has 2 aliphatic rings. The summed E-state index contributed by atoms with van der Waals surface area (Å²) < 4.78 is 5.94. The summed E-state index contributed by atoms with van der Waals surface area (Å²) in [5, 5.41) is 12.8. The summed E-state index contributed by atoms with van der Waals surface area (Å²) in [5.74, 6) is 1.59. The first-order valence-electron chi connectivity index (χ1n) is 23.1. The van der Waals surface area contributed by atoms with Crippen LogP contribution < -0.4 is 32.3 Å². The first-order chi connectivity index (χ1) is 30.1. The van der Waals surface area contributed by atoms with Gasteiger partial charge in [0.15, 0.2) is 6.23 Å². The first-order valence-corrected chi connectivity index (χ1v) is 24.7. The van der Waals surface area contributed by atoms with Crippen molar-refractivity contribution in [3.05, 3.63) is 93.7 Å². The Morgan fingerprint density at radius 1 is 0.661 bits per heavy atom. The van der Waals surface area contributed by atoms with Gasteiger partial charge < -0.3 is 35.9 Å². The normalized spacial score (nSPS) is 17.8. The number of thiophene rings is 2. The number of hydroxylamine groups is 1. The molecule has 1 amide bonds. The van der Waals surface area contributed by atoms with Gasteiger partial charge in [-0.3, -0.25) is 10.5 Å². The molecular formula is C50H70N6O4S2. The highest BCUT2D eigenvalue weighted by atomic mass is 32.1. The molecule has 10 nitrogen and oxygen atoms in total. The van der Waals surface area contributed by atoms with Gasteiger partial charge in [0.05, 0.1) is 26.7 Å². The maximum Gasteiger partial charge on any atom is 0.261 e. The molecule has 6 rings (SSSR count). The van der Waals surface area contributed by atoms with Crippen LogP contribution in [0.25, 0.3) is 32.3 Å². The number of hydrogen-bond donors (Lipinski definition) is 5. The molecule has 2 aliphatic heterocycles. The van der Waals surface area contributed by atoms with Crippen LogP contribution in [0.3, 0.4) is 0 Å². The van der Waals surface area contributed by atoms with Crippen molar-refractivity contribution in [1.82, 2.24) is 15.3 Å². The van der Waals surface area contributed by atoms with E-state index >= 15 is 4.79 Å². The highest BCUT2D eigenvalue weighted by molar-refractivity contribution is 7.17. The summed E-state index contributed by atoms with van der Waals surface area (Å²) in [6.07, 6.45) is 7.87. The molecule has 0 spiro atoms. The fourth-order valence-electron chi connectivity index (χ4n) is 8.70. The molecule has 0 radical (unpaired) electrons. The van der Waals surface area contributed by atoms with Crippen LogP contribution in [0.15, 0.2) is 83.9 Å². The van der Waals surface area contributed by atoms with Crippen molar-refractivity contribution in [1.29, 1.82) is 0 Å². The Morgan fingerprint density at radius 3 is 1.71 bits per heavy atom. The molecule has 12 heteroatoms. The maximum absolute atomic E-state index is 15.3. The van der Waals surface area contributed by atoms with E-state index in [-0.39, 0.29) is 36.1 Å². The van der Waals surface area contributed by atoms with Crippen molar-refractivity contribution in [2.24, 2.45) is 29.0 Å². The average Bonchev–Trinajstić information content (AvgIpc) is 4.06. The lowest BCUT2D eigenvalue weighted by Crippen LogP contribution is -2.42. The van der Waals surface area contributed by atoms with Crippen molar-refractivity contribution < 1.29 is 19.5 Å². The summed E-state index contributed by atoms with van der Waals surface area (Å²) in [5.41, 5.74) is 27.8. The number of rotatable bonds is 25. The Balaban J connectivity index is 1.45. The maximum atomic E-state index is 15.3. The predicted octanol–water partition coefficient (Wildman–Crippen LogP) is 10.2. The standard InChI is InChI=1S/C50H70N6O4S2/c1-7-13-29-54-60-37-23-19-35(20-24-37)41-26-28-43(62-41)48-46-45(49(57)56(48)31-33(12-6)39(52)15-9-3)47(55(50(46)58)30-32(11-5)38(51)14-8-2)42-27-25-40(61-42)34-17-21-36(22-18-34)59-44(53)16-10-4/h17-28,32-33,38-39,44,50,54,58H,7-16,29-31,51-53H2,1-6H3. The van der Waals surface area contributed by atoms with E-state index in [0.29, 0.717) is 24.2 Å². The van der Waals surface area contributed by atoms with Crippen LogP contribution >= 0.6 is 22.7 Å². The molecule has 2 aromatic carbocycles. The zero-order chi connectivity index (χ0) is 44.3. The molecule has 0 fully saturated rings. The third-order valence-electron chi connectivity index (χ3n) is 12.3. The number of carbonyl (C=O) groups excluding carboxylic acids is 1.